The molecule has 1 rings (SSSR count). The predicted molar refractivity (Wildman–Crippen MR) is 141 cm³/mol. The van der Waals surface area contributed by atoms with E-state index in [9.17, 15) is 27.9 Å². The first-order valence-electron chi connectivity index (χ1n) is 12.7. The molecule has 0 radical (unpaired) electrons. The lowest BCUT2D eigenvalue weighted by atomic mass is 9.87. The zero-order valence-electron chi connectivity index (χ0n) is 23.1. The van der Waals surface area contributed by atoms with Crippen LogP contribution in [0, 0.1) is 11.8 Å². The molecular formula is C26H41ClF3N3O6. The molecule has 0 aromatic heterocycles. The molecule has 1 aromatic rings. The zero-order valence-corrected chi connectivity index (χ0v) is 23.8. The summed E-state index contributed by atoms with van der Waals surface area (Å²) in [6, 6.07) is 5.82. The van der Waals surface area contributed by atoms with Crippen molar-refractivity contribution >= 4 is 23.6 Å². The average molecular weight is 584 g/mol. The molecule has 0 heterocycles. The van der Waals surface area contributed by atoms with Gasteiger partial charge >= 0.3 is 6.18 Å². The maximum atomic E-state index is 13.2. The Balaban J connectivity index is 2.78. The Morgan fingerprint density at radius 1 is 1.15 bits per heavy atom. The number of nitrogens with zero attached hydrogens (tertiary/aromatic N) is 1. The SMILES string of the molecule is COCCCCOc1ccccc1C(=O)N(Cl)C[C@@H](C[C@H](N)[C@@H](O)CNC(=O)[C@@](C)(OC)C(F)(F)F)C(C)C. The minimum Gasteiger partial charge on any atom is -0.493 e. The Bertz CT molecular complexity index is 908. The number of para-hydroxylation sites is 1. The first-order valence-corrected chi connectivity index (χ1v) is 13.1. The van der Waals surface area contributed by atoms with Crippen LogP contribution in [0.15, 0.2) is 24.3 Å². The van der Waals surface area contributed by atoms with Gasteiger partial charge in [0.1, 0.15) is 5.75 Å². The number of rotatable bonds is 17. The normalized spacial score (nSPS) is 15.8. The number of alkyl halides is 3. The molecule has 1 aromatic carbocycles. The van der Waals surface area contributed by atoms with Gasteiger partial charge in [-0.2, -0.15) is 13.2 Å². The molecular weight excluding hydrogens is 543 g/mol. The first-order chi connectivity index (χ1) is 18.2. The van der Waals surface area contributed by atoms with Gasteiger partial charge in [0.15, 0.2) is 0 Å². The van der Waals surface area contributed by atoms with Gasteiger partial charge in [-0.1, -0.05) is 26.0 Å². The van der Waals surface area contributed by atoms with Crippen molar-refractivity contribution in [1.82, 2.24) is 9.74 Å². The topological polar surface area (TPSA) is 123 Å². The lowest BCUT2D eigenvalue weighted by Crippen LogP contribution is -2.58. The van der Waals surface area contributed by atoms with Crippen molar-refractivity contribution in [2.75, 3.05) is 40.5 Å². The average Bonchev–Trinajstić information content (AvgIpc) is 2.89. The molecule has 13 heteroatoms. The quantitative estimate of drug-likeness (QED) is 0.189. The van der Waals surface area contributed by atoms with Crippen molar-refractivity contribution in [3.05, 3.63) is 29.8 Å². The highest BCUT2D eigenvalue weighted by Gasteiger charge is 2.57. The summed E-state index contributed by atoms with van der Waals surface area (Å²) < 4.78 is 55.8. The van der Waals surface area contributed by atoms with E-state index in [1.54, 1.807) is 31.4 Å². The number of methoxy groups -OCH3 is 2. The van der Waals surface area contributed by atoms with Crippen molar-refractivity contribution in [2.45, 2.75) is 64.0 Å². The van der Waals surface area contributed by atoms with Gasteiger partial charge in [-0.25, -0.2) is 0 Å². The van der Waals surface area contributed by atoms with Gasteiger partial charge in [0.05, 0.1) is 18.3 Å². The molecule has 0 aliphatic carbocycles. The Labute approximate surface area is 233 Å². The third-order valence-electron chi connectivity index (χ3n) is 6.60. The molecule has 4 atom stereocenters. The fraction of sp³-hybridized carbons (Fsp3) is 0.692. The number of aliphatic hydroxyl groups is 1. The van der Waals surface area contributed by atoms with Gasteiger partial charge in [0.25, 0.3) is 11.8 Å². The van der Waals surface area contributed by atoms with Crippen LogP contribution in [0.2, 0.25) is 0 Å². The summed E-state index contributed by atoms with van der Waals surface area (Å²) in [5.74, 6) is -1.80. The van der Waals surface area contributed by atoms with Gasteiger partial charge in [-0.3, -0.25) is 14.0 Å². The second-order valence-electron chi connectivity index (χ2n) is 9.81. The molecule has 0 spiro atoms. The molecule has 4 N–H and O–H groups in total. The number of unbranched alkanes of at least 4 members (excludes halogenated alkanes) is 1. The Hall–Kier alpha value is -2.12. The molecule has 0 saturated heterocycles. The van der Waals surface area contributed by atoms with Crippen LogP contribution in [0.1, 0.15) is 50.4 Å². The number of aliphatic hydroxyl groups excluding tert-OH is 1. The predicted octanol–water partition coefficient (Wildman–Crippen LogP) is 3.52. The van der Waals surface area contributed by atoms with Crippen LogP contribution in [0.25, 0.3) is 0 Å². The van der Waals surface area contributed by atoms with E-state index in [2.05, 4.69) is 10.1 Å². The summed E-state index contributed by atoms with van der Waals surface area (Å²) in [5, 5.41) is 12.5. The van der Waals surface area contributed by atoms with Gasteiger partial charge < -0.3 is 30.4 Å². The minimum atomic E-state index is -4.95. The fourth-order valence-electron chi connectivity index (χ4n) is 3.64. The Kier molecular flexibility index (Phi) is 14.5. The van der Waals surface area contributed by atoms with E-state index in [0.29, 0.717) is 31.5 Å². The summed E-state index contributed by atoms with van der Waals surface area (Å²) in [6.45, 7) is 4.97. The lowest BCUT2D eigenvalue weighted by Gasteiger charge is -2.31. The van der Waals surface area contributed by atoms with Gasteiger partial charge in [-0.15, -0.1) is 0 Å². The van der Waals surface area contributed by atoms with E-state index in [4.69, 9.17) is 27.0 Å². The minimum absolute atomic E-state index is 0.0128. The summed E-state index contributed by atoms with van der Waals surface area (Å²) >= 11 is 6.38. The van der Waals surface area contributed by atoms with Crippen LogP contribution < -0.4 is 15.8 Å². The molecule has 0 saturated carbocycles. The fourth-order valence-corrected chi connectivity index (χ4v) is 3.91. The molecule has 0 aliphatic rings. The highest BCUT2D eigenvalue weighted by Crippen LogP contribution is 2.33. The monoisotopic (exact) mass is 583 g/mol. The maximum Gasteiger partial charge on any atom is 0.426 e. The van der Waals surface area contributed by atoms with Crippen LogP contribution in [-0.2, 0) is 14.3 Å². The number of nitrogens with two attached hydrogens (primary N) is 1. The molecule has 2 amide bonds. The second-order valence-corrected chi connectivity index (χ2v) is 10.2. The van der Waals surface area contributed by atoms with Gasteiger partial charge in [0, 0.05) is 51.7 Å². The van der Waals surface area contributed by atoms with E-state index < -0.39 is 42.3 Å². The largest absolute Gasteiger partial charge is 0.493 e. The van der Waals surface area contributed by atoms with Crippen LogP contribution in [-0.4, -0.2) is 85.8 Å². The number of carbonyl (C=O) groups excluding carboxylic acids is 2. The Morgan fingerprint density at radius 3 is 2.33 bits per heavy atom. The van der Waals surface area contributed by atoms with E-state index in [1.165, 1.54) is 0 Å². The van der Waals surface area contributed by atoms with E-state index in [0.717, 1.165) is 24.4 Å². The second kappa shape index (κ2) is 16.2. The van der Waals surface area contributed by atoms with Crippen molar-refractivity contribution in [2.24, 2.45) is 17.6 Å². The van der Waals surface area contributed by atoms with Crippen LogP contribution in [0.4, 0.5) is 13.2 Å². The number of halogens is 4. The standard InChI is InChI=1S/C26H41ClF3N3O6/c1-17(2)18(14-20(31)21(34)15-32-24(36)25(3,38-5)26(28,29)30)16-33(27)23(35)19-10-6-7-11-22(19)39-13-9-8-12-37-4/h6-7,10-11,17-18,20-21,34H,8-9,12-16,31H2,1-5H3,(H,32,36)/t18-,20+,21+,25-/m1/s1. The van der Waals surface area contributed by atoms with E-state index >= 15 is 0 Å². The summed E-state index contributed by atoms with van der Waals surface area (Å²) in [7, 11) is 2.39. The molecule has 0 unspecified atom stereocenters. The van der Waals surface area contributed by atoms with Gasteiger partial charge in [-0.05, 0) is 50.2 Å². The molecule has 0 fully saturated rings. The third kappa shape index (κ3) is 10.4. The number of hydrogen-bond acceptors (Lipinski definition) is 7. The zero-order chi connectivity index (χ0) is 29.8. The smallest absolute Gasteiger partial charge is 0.426 e. The number of carbonyl (C=O) groups is 2. The number of amides is 2. The number of hydrogen-bond donors (Lipinski definition) is 3. The van der Waals surface area contributed by atoms with E-state index in [1.807, 2.05) is 13.8 Å². The van der Waals surface area contributed by atoms with Gasteiger partial charge in [0.2, 0.25) is 5.60 Å². The van der Waals surface area contributed by atoms with Crippen molar-refractivity contribution in [3.8, 4) is 5.75 Å². The maximum absolute atomic E-state index is 13.2. The molecule has 39 heavy (non-hydrogen) atoms. The molecule has 0 bridgehead atoms. The van der Waals surface area contributed by atoms with Crippen LogP contribution in [0.5, 0.6) is 5.75 Å². The summed E-state index contributed by atoms with van der Waals surface area (Å²) in [6.07, 6.45) is -4.56. The molecule has 9 nitrogen and oxygen atoms in total. The first kappa shape index (κ1) is 34.9. The van der Waals surface area contributed by atoms with E-state index in [-0.39, 0.29) is 24.8 Å². The number of nitrogens with one attached hydrogen (secondary N) is 1. The highest BCUT2D eigenvalue weighted by molar-refractivity contribution is 6.24. The molecule has 224 valence electrons. The van der Waals surface area contributed by atoms with Crippen molar-refractivity contribution < 1.29 is 42.1 Å². The summed E-state index contributed by atoms with van der Waals surface area (Å²) in [4.78, 5) is 25.2. The third-order valence-corrected chi connectivity index (χ3v) is 6.89. The van der Waals surface area contributed by atoms with Crippen LogP contribution >= 0.6 is 11.8 Å². The van der Waals surface area contributed by atoms with Crippen LogP contribution in [0.3, 0.4) is 0 Å². The molecule has 0 aliphatic heterocycles. The highest BCUT2D eigenvalue weighted by atomic mass is 35.5. The summed E-state index contributed by atoms with van der Waals surface area (Å²) in [5.41, 5.74) is 3.34. The number of benzene rings is 1. The van der Waals surface area contributed by atoms with Crippen molar-refractivity contribution in [3.63, 3.8) is 0 Å². The number of ether oxygens (including phenoxy) is 3. The lowest BCUT2D eigenvalue weighted by molar-refractivity contribution is -0.253. The van der Waals surface area contributed by atoms with Crippen molar-refractivity contribution in [1.29, 1.82) is 0 Å². The Morgan fingerprint density at radius 2 is 1.77 bits per heavy atom.